The van der Waals surface area contributed by atoms with Gasteiger partial charge in [0, 0.05) is 24.2 Å². The Morgan fingerprint density at radius 2 is 1.93 bits per heavy atom. The first-order valence-electron chi connectivity index (χ1n) is 8.74. The fourth-order valence-electron chi connectivity index (χ4n) is 2.86. The van der Waals surface area contributed by atoms with Gasteiger partial charge in [-0.25, -0.2) is 4.79 Å². The number of benzene rings is 2. The van der Waals surface area contributed by atoms with Gasteiger partial charge in [0.25, 0.3) is 5.91 Å². The van der Waals surface area contributed by atoms with Crippen molar-refractivity contribution in [3.63, 3.8) is 0 Å². The normalized spacial score (nSPS) is 14.1. The van der Waals surface area contributed by atoms with E-state index in [2.05, 4.69) is 18.2 Å². The van der Waals surface area contributed by atoms with Crippen LogP contribution in [0.1, 0.15) is 17.5 Å². The van der Waals surface area contributed by atoms with Crippen molar-refractivity contribution in [3.05, 3.63) is 82.9 Å². The van der Waals surface area contributed by atoms with E-state index in [0.717, 1.165) is 12.0 Å². The fourth-order valence-corrected chi connectivity index (χ4v) is 3.06. The highest BCUT2D eigenvalue weighted by molar-refractivity contribution is 6.30. The van der Waals surface area contributed by atoms with E-state index in [1.807, 2.05) is 24.3 Å². The number of hydrogen-bond acceptors (Lipinski definition) is 3. The standard InChI is InChI=1S/C22H20ClNO3/c23-20-8-4-5-17(15-20)9-10-22(26)27-16-21(25)24-13-11-19(12-14-24)18-6-2-1-3-7-18/h1-11,15H,12-14,16H2/b10-9+. The minimum atomic E-state index is -0.555. The van der Waals surface area contributed by atoms with E-state index in [1.54, 1.807) is 29.2 Å². The SMILES string of the molecule is O=C(/C=C/c1cccc(Cl)c1)OCC(=O)N1CC=C(c2ccccc2)CC1. The highest BCUT2D eigenvalue weighted by atomic mass is 35.5. The molecule has 0 fully saturated rings. The van der Waals surface area contributed by atoms with Crippen LogP contribution in [0.15, 0.2) is 66.7 Å². The summed E-state index contributed by atoms with van der Waals surface area (Å²) in [6, 6.07) is 17.2. The lowest BCUT2D eigenvalue weighted by Gasteiger charge is -2.26. The fraction of sp³-hybridized carbons (Fsp3) is 0.182. The highest BCUT2D eigenvalue weighted by Crippen LogP contribution is 2.22. The molecule has 0 aromatic heterocycles. The zero-order valence-corrected chi connectivity index (χ0v) is 15.6. The number of carbonyl (C=O) groups excluding carboxylic acids is 2. The van der Waals surface area contributed by atoms with Crippen LogP contribution in [0.3, 0.4) is 0 Å². The largest absolute Gasteiger partial charge is 0.452 e. The third-order valence-electron chi connectivity index (χ3n) is 4.30. The lowest BCUT2D eigenvalue weighted by Crippen LogP contribution is -2.37. The predicted molar refractivity (Wildman–Crippen MR) is 107 cm³/mol. The van der Waals surface area contributed by atoms with Crippen LogP contribution in [0.4, 0.5) is 0 Å². The number of ether oxygens (including phenoxy) is 1. The first-order chi connectivity index (χ1) is 13.1. The number of esters is 1. The molecule has 0 unspecified atom stereocenters. The summed E-state index contributed by atoms with van der Waals surface area (Å²) in [5.74, 6) is -0.747. The van der Waals surface area contributed by atoms with E-state index in [9.17, 15) is 9.59 Å². The molecule has 1 aliphatic rings. The number of hydrogen-bond donors (Lipinski definition) is 0. The van der Waals surface area contributed by atoms with E-state index < -0.39 is 5.97 Å². The molecular formula is C22H20ClNO3. The molecule has 27 heavy (non-hydrogen) atoms. The molecule has 1 heterocycles. The van der Waals surface area contributed by atoms with Gasteiger partial charge in [0.05, 0.1) is 0 Å². The molecule has 5 heteroatoms. The first kappa shape index (κ1) is 18.9. The Morgan fingerprint density at radius 1 is 1.11 bits per heavy atom. The smallest absolute Gasteiger partial charge is 0.331 e. The summed E-state index contributed by atoms with van der Waals surface area (Å²) in [6.45, 7) is 0.891. The highest BCUT2D eigenvalue weighted by Gasteiger charge is 2.18. The molecule has 1 aliphatic heterocycles. The summed E-state index contributed by atoms with van der Waals surface area (Å²) in [5, 5.41) is 0.591. The molecule has 0 N–H and O–H groups in total. The molecule has 0 spiro atoms. The lowest BCUT2D eigenvalue weighted by atomic mass is 10.00. The van der Waals surface area contributed by atoms with Gasteiger partial charge < -0.3 is 9.64 Å². The van der Waals surface area contributed by atoms with Gasteiger partial charge in [-0.3, -0.25) is 4.79 Å². The van der Waals surface area contributed by atoms with Gasteiger partial charge in [-0.15, -0.1) is 0 Å². The Morgan fingerprint density at radius 3 is 2.63 bits per heavy atom. The molecular weight excluding hydrogens is 362 g/mol. The number of halogens is 1. The maximum Gasteiger partial charge on any atom is 0.331 e. The van der Waals surface area contributed by atoms with Crippen LogP contribution in [0.5, 0.6) is 0 Å². The Hall–Kier alpha value is -2.85. The summed E-state index contributed by atoms with van der Waals surface area (Å²) in [6.07, 6.45) is 5.74. The van der Waals surface area contributed by atoms with Crippen LogP contribution in [-0.2, 0) is 14.3 Å². The van der Waals surface area contributed by atoms with Gasteiger partial charge >= 0.3 is 5.97 Å². The maximum absolute atomic E-state index is 12.2. The average molecular weight is 382 g/mol. The molecule has 0 saturated carbocycles. The van der Waals surface area contributed by atoms with Gasteiger partial charge in [0.2, 0.25) is 0 Å². The minimum absolute atomic E-state index is 0.192. The van der Waals surface area contributed by atoms with E-state index in [4.69, 9.17) is 16.3 Å². The number of amides is 1. The van der Waals surface area contributed by atoms with Crippen LogP contribution < -0.4 is 0 Å². The summed E-state index contributed by atoms with van der Waals surface area (Å²) in [7, 11) is 0. The van der Waals surface area contributed by atoms with Crippen molar-refractivity contribution in [2.45, 2.75) is 6.42 Å². The van der Waals surface area contributed by atoms with Crippen molar-refractivity contribution >= 4 is 35.1 Å². The number of nitrogens with zero attached hydrogens (tertiary/aromatic N) is 1. The van der Waals surface area contributed by atoms with Gasteiger partial charge in [-0.2, -0.15) is 0 Å². The van der Waals surface area contributed by atoms with Gasteiger partial charge in [-0.1, -0.05) is 60.1 Å². The van der Waals surface area contributed by atoms with Gasteiger partial charge in [0.15, 0.2) is 6.61 Å². The van der Waals surface area contributed by atoms with Crippen molar-refractivity contribution in [3.8, 4) is 0 Å². The zero-order chi connectivity index (χ0) is 19.1. The van der Waals surface area contributed by atoms with Crippen molar-refractivity contribution in [2.75, 3.05) is 19.7 Å². The molecule has 0 atom stereocenters. The third kappa shape index (κ3) is 5.56. The summed E-state index contributed by atoms with van der Waals surface area (Å²) >= 11 is 5.89. The Balaban J connectivity index is 1.47. The first-order valence-corrected chi connectivity index (χ1v) is 9.12. The second-order valence-electron chi connectivity index (χ2n) is 6.18. The Bertz CT molecular complexity index is 874. The third-order valence-corrected chi connectivity index (χ3v) is 4.54. The molecule has 0 bridgehead atoms. The van der Waals surface area contributed by atoms with Gasteiger partial charge in [0.1, 0.15) is 0 Å². The lowest BCUT2D eigenvalue weighted by molar-refractivity contribution is -0.147. The quantitative estimate of drug-likeness (QED) is 0.575. The van der Waals surface area contributed by atoms with Crippen LogP contribution in [-0.4, -0.2) is 36.5 Å². The average Bonchev–Trinajstić information content (AvgIpc) is 2.71. The van der Waals surface area contributed by atoms with E-state index in [0.29, 0.717) is 18.1 Å². The molecule has 0 radical (unpaired) electrons. The molecule has 2 aromatic carbocycles. The van der Waals surface area contributed by atoms with Crippen LogP contribution in [0.2, 0.25) is 5.02 Å². The molecule has 138 valence electrons. The monoisotopic (exact) mass is 381 g/mol. The summed E-state index contributed by atoms with van der Waals surface area (Å²) < 4.78 is 5.05. The maximum atomic E-state index is 12.2. The van der Waals surface area contributed by atoms with E-state index >= 15 is 0 Å². The van der Waals surface area contributed by atoms with Crippen LogP contribution >= 0.6 is 11.6 Å². The van der Waals surface area contributed by atoms with Crippen molar-refractivity contribution in [1.29, 1.82) is 0 Å². The van der Waals surface area contributed by atoms with Crippen molar-refractivity contribution in [1.82, 2.24) is 4.90 Å². The molecule has 3 rings (SSSR count). The zero-order valence-electron chi connectivity index (χ0n) is 14.8. The number of carbonyl (C=O) groups is 2. The number of rotatable bonds is 5. The van der Waals surface area contributed by atoms with Crippen molar-refractivity contribution < 1.29 is 14.3 Å². The van der Waals surface area contributed by atoms with Crippen LogP contribution in [0, 0.1) is 0 Å². The van der Waals surface area contributed by atoms with E-state index in [-0.39, 0.29) is 12.5 Å². The summed E-state index contributed by atoms with van der Waals surface area (Å²) in [4.78, 5) is 25.7. The molecule has 0 aliphatic carbocycles. The Labute approximate surface area is 163 Å². The second-order valence-corrected chi connectivity index (χ2v) is 6.62. The topological polar surface area (TPSA) is 46.6 Å². The molecule has 0 saturated heterocycles. The Kier molecular flexibility index (Phi) is 6.44. The van der Waals surface area contributed by atoms with E-state index in [1.165, 1.54) is 17.2 Å². The molecule has 1 amide bonds. The molecule has 4 nitrogen and oxygen atoms in total. The minimum Gasteiger partial charge on any atom is -0.452 e. The summed E-state index contributed by atoms with van der Waals surface area (Å²) in [5.41, 5.74) is 3.21. The van der Waals surface area contributed by atoms with Gasteiger partial charge in [-0.05, 0) is 41.3 Å². The van der Waals surface area contributed by atoms with Crippen LogP contribution in [0.25, 0.3) is 11.6 Å². The molecule has 2 aromatic rings. The predicted octanol–water partition coefficient (Wildman–Crippen LogP) is 4.21. The van der Waals surface area contributed by atoms with Crippen molar-refractivity contribution in [2.24, 2.45) is 0 Å². The second kappa shape index (κ2) is 9.19.